The van der Waals surface area contributed by atoms with Gasteiger partial charge in [0.2, 0.25) is 8.32 Å². The number of hydrogen-bond acceptors (Lipinski definition) is 3. The van der Waals surface area contributed by atoms with E-state index in [1.165, 1.54) is 11.1 Å². The zero-order valence-corrected chi connectivity index (χ0v) is 19.6. The van der Waals surface area contributed by atoms with E-state index in [9.17, 15) is 0 Å². The Balaban J connectivity index is 2.63. The smallest absolute Gasteiger partial charge is 0.295 e. The van der Waals surface area contributed by atoms with Gasteiger partial charge in [0.1, 0.15) is 5.69 Å². The first-order valence-electron chi connectivity index (χ1n) is 9.50. The van der Waals surface area contributed by atoms with Gasteiger partial charge in [0.25, 0.3) is 5.95 Å². The molecule has 2 aromatic rings. The van der Waals surface area contributed by atoms with Gasteiger partial charge in [0.05, 0.1) is 5.66 Å². The maximum absolute atomic E-state index is 6.31. The first-order chi connectivity index (χ1) is 12.0. The summed E-state index contributed by atoms with van der Waals surface area (Å²) in [6.45, 7) is 19.9. The molecule has 1 unspecified atom stereocenters. The molecular formula is C21H34NO2PSi. The third kappa shape index (κ3) is 5.20. The van der Waals surface area contributed by atoms with Gasteiger partial charge in [-0.2, -0.15) is 0 Å². The van der Waals surface area contributed by atoms with E-state index in [4.69, 9.17) is 13.8 Å². The third-order valence-corrected chi connectivity index (χ3v) is 8.59. The van der Waals surface area contributed by atoms with Crippen molar-refractivity contribution in [3.8, 4) is 5.95 Å². The van der Waals surface area contributed by atoms with Crippen molar-refractivity contribution < 1.29 is 8.84 Å². The molecule has 0 fully saturated rings. The van der Waals surface area contributed by atoms with Crippen molar-refractivity contribution in [3.63, 3.8) is 0 Å². The van der Waals surface area contributed by atoms with E-state index in [0.29, 0.717) is 23.2 Å². The average Bonchev–Trinajstić information content (AvgIpc) is 2.83. The van der Waals surface area contributed by atoms with E-state index in [0.717, 1.165) is 5.69 Å². The molecule has 0 N–H and O–H groups in total. The minimum absolute atomic E-state index is 0.231. The summed E-state index contributed by atoms with van der Waals surface area (Å²) in [5, 5.41) is 0. The highest BCUT2D eigenvalue weighted by Crippen LogP contribution is 2.62. The van der Waals surface area contributed by atoms with Gasteiger partial charge in [0.15, 0.2) is 5.89 Å². The molecule has 0 bridgehead atoms. The summed E-state index contributed by atoms with van der Waals surface area (Å²) in [5.74, 6) is 1.33. The Morgan fingerprint density at radius 3 is 1.96 bits per heavy atom. The van der Waals surface area contributed by atoms with Crippen molar-refractivity contribution in [2.75, 3.05) is 0 Å². The Labute approximate surface area is 161 Å². The molecule has 1 atom stereocenters. The molecule has 26 heavy (non-hydrogen) atoms. The molecule has 1 aromatic carbocycles. The first kappa shape index (κ1) is 21.2. The number of nitrogens with zero attached hydrogens (tertiary/aromatic N) is 1. The fraction of sp³-hybridized carbons (Fsp3) is 0.571. The number of hydrogen-bond donors (Lipinski definition) is 0. The summed E-state index contributed by atoms with van der Waals surface area (Å²) in [6.07, 6.45) is 0. The molecule has 0 amide bonds. The second-order valence-electron chi connectivity index (χ2n) is 8.57. The van der Waals surface area contributed by atoms with Crippen LogP contribution in [0.3, 0.4) is 0 Å². The topological polar surface area (TPSA) is 35.3 Å². The molecule has 3 nitrogen and oxygen atoms in total. The van der Waals surface area contributed by atoms with Crippen LogP contribution in [-0.4, -0.2) is 24.6 Å². The highest BCUT2D eigenvalue weighted by molar-refractivity contribution is 7.59. The van der Waals surface area contributed by atoms with E-state index < -0.39 is 8.32 Å². The summed E-state index contributed by atoms with van der Waals surface area (Å²) in [6, 6.07) is 8.90. The molecule has 1 aromatic heterocycles. The molecule has 0 radical (unpaired) electrons. The maximum atomic E-state index is 6.31. The molecule has 1 heterocycles. The number of benzene rings is 1. The second kappa shape index (κ2) is 8.27. The van der Waals surface area contributed by atoms with Crippen LogP contribution in [0.5, 0.6) is 5.95 Å². The van der Waals surface area contributed by atoms with E-state index >= 15 is 0 Å². The monoisotopic (exact) mass is 391 g/mol. The third-order valence-electron chi connectivity index (χ3n) is 4.27. The summed E-state index contributed by atoms with van der Waals surface area (Å²) in [5.41, 5.74) is 5.00. The van der Waals surface area contributed by atoms with Crippen LogP contribution in [0.15, 0.2) is 28.7 Å². The highest BCUT2D eigenvalue weighted by atomic mass is 31.1. The van der Waals surface area contributed by atoms with Crippen molar-refractivity contribution in [3.05, 3.63) is 47.0 Å². The predicted octanol–water partition coefficient (Wildman–Crippen LogP) is 6.89. The van der Waals surface area contributed by atoms with Gasteiger partial charge in [-0.05, 0) is 43.4 Å². The van der Waals surface area contributed by atoms with Crippen LogP contribution in [0.2, 0.25) is 19.6 Å². The fourth-order valence-corrected chi connectivity index (χ4v) is 7.41. The van der Waals surface area contributed by atoms with Gasteiger partial charge < -0.3 is 8.84 Å². The van der Waals surface area contributed by atoms with Crippen molar-refractivity contribution >= 4 is 16.2 Å². The lowest BCUT2D eigenvalue weighted by molar-refractivity contribution is 0.369. The highest BCUT2D eigenvalue weighted by Gasteiger charge is 2.35. The molecule has 0 aliphatic rings. The molecule has 144 valence electrons. The zero-order valence-electron chi connectivity index (χ0n) is 17.8. The molecule has 5 heteroatoms. The van der Waals surface area contributed by atoms with Gasteiger partial charge in [-0.25, -0.2) is 4.98 Å². The van der Waals surface area contributed by atoms with Crippen LogP contribution in [0.25, 0.3) is 0 Å². The van der Waals surface area contributed by atoms with Crippen LogP contribution in [-0.2, 0) is 0 Å². The van der Waals surface area contributed by atoms with Crippen LogP contribution in [0.1, 0.15) is 56.1 Å². The van der Waals surface area contributed by atoms with Crippen molar-refractivity contribution in [1.29, 1.82) is 0 Å². The van der Waals surface area contributed by atoms with Crippen molar-refractivity contribution in [2.24, 2.45) is 0 Å². The van der Waals surface area contributed by atoms with E-state index in [2.05, 4.69) is 78.5 Å². The van der Waals surface area contributed by atoms with Crippen molar-refractivity contribution in [1.82, 2.24) is 4.98 Å². The minimum Gasteiger partial charge on any atom is -0.518 e. The average molecular weight is 392 g/mol. The molecule has 0 aliphatic carbocycles. The zero-order chi connectivity index (χ0) is 19.6. The van der Waals surface area contributed by atoms with Gasteiger partial charge in [-0.3, -0.25) is 0 Å². The van der Waals surface area contributed by atoms with Crippen LogP contribution < -0.4 is 4.43 Å². The van der Waals surface area contributed by atoms with E-state index in [1.807, 2.05) is 6.92 Å². The van der Waals surface area contributed by atoms with Crippen LogP contribution in [0.4, 0.5) is 0 Å². The summed E-state index contributed by atoms with van der Waals surface area (Å²) < 4.78 is 12.2. The van der Waals surface area contributed by atoms with Crippen molar-refractivity contribution in [2.45, 2.75) is 78.2 Å². The summed E-state index contributed by atoms with van der Waals surface area (Å²) >= 11 is 0. The molecular weight excluding hydrogens is 357 g/mol. The molecule has 0 saturated heterocycles. The Hall–Kier alpha value is -1.12. The Kier molecular flexibility index (Phi) is 6.74. The normalized spacial score (nSPS) is 13.7. The Bertz CT molecular complexity index is 709. The molecule has 2 rings (SSSR count). The maximum Gasteiger partial charge on any atom is 0.295 e. The van der Waals surface area contributed by atoms with E-state index in [-0.39, 0.29) is 13.6 Å². The Morgan fingerprint density at radius 2 is 1.50 bits per heavy atom. The number of oxazole rings is 1. The number of aryl methyl sites for hydroxylation is 2. The Morgan fingerprint density at radius 1 is 0.962 bits per heavy atom. The van der Waals surface area contributed by atoms with Gasteiger partial charge in [-0.1, -0.05) is 65.4 Å². The van der Waals surface area contributed by atoms with E-state index in [1.54, 1.807) is 0 Å². The lowest BCUT2D eigenvalue weighted by atomic mass is 10.1. The molecule has 0 spiro atoms. The van der Waals surface area contributed by atoms with Gasteiger partial charge in [-0.15, -0.1) is 0 Å². The van der Waals surface area contributed by atoms with Gasteiger partial charge in [0, 0.05) is 6.92 Å². The largest absolute Gasteiger partial charge is 0.518 e. The molecule has 0 aliphatic heterocycles. The first-order valence-corrected chi connectivity index (χ1v) is 14.5. The molecule has 0 saturated carbocycles. The van der Waals surface area contributed by atoms with Crippen LogP contribution >= 0.6 is 7.92 Å². The quantitative estimate of drug-likeness (QED) is 0.380. The van der Waals surface area contributed by atoms with Crippen LogP contribution in [0, 0.1) is 13.8 Å². The minimum atomic E-state index is -1.79. The number of rotatable bonds is 7. The standard InChI is InChI=1S/C21H34NO2PSi/c1-14(2)25(15(3)4)20(18-12-10-16(5)11-13-18)19-21(23-17(6)22-19)24-26(7,8)9/h10-15,20H,1-9H3. The lowest BCUT2D eigenvalue weighted by Gasteiger charge is -2.34. The summed E-state index contributed by atoms with van der Waals surface area (Å²) in [4.78, 5) is 4.83. The predicted molar refractivity (Wildman–Crippen MR) is 115 cm³/mol. The fourth-order valence-electron chi connectivity index (χ4n) is 3.36. The second-order valence-corrected chi connectivity index (χ2v) is 16.5. The lowest BCUT2D eigenvalue weighted by Crippen LogP contribution is -2.29. The summed E-state index contributed by atoms with van der Waals surface area (Å²) in [7, 11) is -2.12. The number of aromatic nitrogens is 1. The SMILES string of the molecule is Cc1ccc(C(c2nc(C)oc2O[Si](C)(C)C)P(C(C)C)C(C)C)cc1. The van der Waals surface area contributed by atoms with Gasteiger partial charge >= 0.3 is 0 Å².